The summed E-state index contributed by atoms with van der Waals surface area (Å²) in [7, 11) is 1.68. The van der Waals surface area contributed by atoms with Gasteiger partial charge in [0.2, 0.25) is 0 Å². The number of aliphatic hydroxyl groups is 1. The zero-order valence-electron chi connectivity index (χ0n) is 8.34. The first-order valence-corrected chi connectivity index (χ1v) is 4.38. The van der Waals surface area contributed by atoms with Crippen LogP contribution in [-0.4, -0.2) is 49.2 Å². The van der Waals surface area contributed by atoms with Crippen molar-refractivity contribution in [1.29, 1.82) is 0 Å². The molecular weight excluding hydrogens is 199 g/mol. The smallest absolute Gasteiger partial charge is 0.393 e. The predicted octanol–water partition coefficient (Wildman–Crippen LogP) is 1.23. The predicted molar refractivity (Wildman–Crippen MR) is 45.8 cm³/mol. The van der Waals surface area contributed by atoms with Crippen molar-refractivity contribution >= 4 is 0 Å². The van der Waals surface area contributed by atoms with E-state index in [4.69, 9.17) is 5.11 Å². The SMILES string of the molecule is CC(O)CCN(C)CCOC(F)(F)F. The molecule has 1 unspecified atom stereocenters. The normalized spacial score (nSPS) is 14.8. The second-order valence-corrected chi connectivity index (χ2v) is 3.24. The third-order valence-electron chi connectivity index (χ3n) is 1.67. The first-order valence-electron chi connectivity index (χ1n) is 4.38. The molecule has 0 aliphatic heterocycles. The highest BCUT2D eigenvalue weighted by molar-refractivity contribution is 4.54. The van der Waals surface area contributed by atoms with Gasteiger partial charge in [-0.15, -0.1) is 13.2 Å². The highest BCUT2D eigenvalue weighted by Crippen LogP contribution is 2.15. The first-order chi connectivity index (χ1) is 6.31. The van der Waals surface area contributed by atoms with Gasteiger partial charge in [-0.2, -0.15) is 0 Å². The Kier molecular flexibility index (Phi) is 6.06. The summed E-state index contributed by atoms with van der Waals surface area (Å²) in [6, 6.07) is 0. The number of rotatable bonds is 6. The molecule has 3 nitrogen and oxygen atoms in total. The molecule has 6 heteroatoms. The molecular formula is C8H16F3NO2. The molecule has 1 N–H and O–H groups in total. The molecule has 0 saturated carbocycles. The van der Waals surface area contributed by atoms with Crippen molar-refractivity contribution in [1.82, 2.24) is 4.90 Å². The summed E-state index contributed by atoms with van der Waals surface area (Å²) in [5.41, 5.74) is 0. The number of hydrogen-bond acceptors (Lipinski definition) is 3. The van der Waals surface area contributed by atoms with E-state index in [9.17, 15) is 13.2 Å². The van der Waals surface area contributed by atoms with Crippen LogP contribution in [0.4, 0.5) is 13.2 Å². The summed E-state index contributed by atoms with van der Waals surface area (Å²) >= 11 is 0. The lowest BCUT2D eigenvalue weighted by atomic mass is 10.3. The molecule has 0 aliphatic rings. The van der Waals surface area contributed by atoms with Crippen molar-refractivity contribution in [2.45, 2.75) is 25.8 Å². The lowest BCUT2D eigenvalue weighted by Crippen LogP contribution is -2.28. The van der Waals surface area contributed by atoms with Gasteiger partial charge in [-0.25, -0.2) is 0 Å². The summed E-state index contributed by atoms with van der Waals surface area (Å²) in [6.07, 6.45) is -4.44. The van der Waals surface area contributed by atoms with E-state index in [1.165, 1.54) is 0 Å². The van der Waals surface area contributed by atoms with Gasteiger partial charge in [-0.1, -0.05) is 0 Å². The molecule has 0 aromatic rings. The molecule has 0 aromatic heterocycles. The van der Waals surface area contributed by atoms with Crippen LogP contribution >= 0.6 is 0 Å². The van der Waals surface area contributed by atoms with Gasteiger partial charge in [0.1, 0.15) is 0 Å². The molecule has 0 bridgehead atoms. The lowest BCUT2D eigenvalue weighted by molar-refractivity contribution is -0.324. The minimum atomic E-state index is -4.55. The van der Waals surface area contributed by atoms with Crippen molar-refractivity contribution < 1.29 is 23.0 Å². The largest absolute Gasteiger partial charge is 0.522 e. The van der Waals surface area contributed by atoms with Gasteiger partial charge in [-0.3, -0.25) is 4.74 Å². The lowest BCUT2D eigenvalue weighted by Gasteiger charge is -2.17. The van der Waals surface area contributed by atoms with Crippen LogP contribution in [0.2, 0.25) is 0 Å². The molecule has 0 heterocycles. The van der Waals surface area contributed by atoms with E-state index in [0.29, 0.717) is 13.0 Å². The van der Waals surface area contributed by atoms with E-state index in [-0.39, 0.29) is 13.2 Å². The van der Waals surface area contributed by atoms with Crippen LogP contribution in [0.15, 0.2) is 0 Å². The highest BCUT2D eigenvalue weighted by Gasteiger charge is 2.28. The van der Waals surface area contributed by atoms with Gasteiger partial charge < -0.3 is 10.0 Å². The molecule has 0 rings (SSSR count). The number of aliphatic hydroxyl groups excluding tert-OH is 1. The van der Waals surface area contributed by atoms with Gasteiger partial charge in [0.15, 0.2) is 0 Å². The maximum Gasteiger partial charge on any atom is 0.522 e. The third-order valence-corrected chi connectivity index (χ3v) is 1.67. The van der Waals surface area contributed by atoms with Crippen LogP contribution in [0.25, 0.3) is 0 Å². The monoisotopic (exact) mass is 215 g/mol. The summed E-state index contributed by atoms with van der Waals surface area (Å²) < 4.78 is 38.2. The van der Waals surface area contributed by atoms with E-state index in [0.717, 1.165) is 0 Å². The highest BCUT2D eigenvalue weighted by atomic mass is 19.4. The maximum atomic E-state index is 11.5. The summed E-state index contributed by atoms with van der Waals surface area (Å²) in [4.78, 5) is 1.68. The van der Waals surface area contributed by atoms with E-state index in [2.05, 4.69) is 4.74 Å². The molecule has 86 valence electrons. The zero-order valence-corrected chi connectivity index (χ0v) is 8.34. The van der Waals surface area contributed by atoms with Crippen molar-refractivity contribution in [3.8, 4) is 0 Å². The van der Waals surface area contributed by atoms with Crippen molar-refractivity contribution in [2.24, 2.45) is 0 Å². The number of hydrogen-bond donors (Lipinski definition) is 1. The Morgan fingerprint density at radius 1 is 1.36 bits per heavy atom. The number of likely N-dealkylation sites (N-methyl/N-ethyl adjacent to an activating group) is 1. The quantitative estimate of drug-likeness (QED) is 0.723. The minimum Gasteiger partial charge on any atom is -0.393 e. The molecule has 0 fully saturated rings. The standard InChI is InChI=1S/C8H16F3NO2/c1-7(13)3-4-12(2)5-6-14-8(9,10)11/h7,13H,3-6H2,1-2H3. The van der Waals surface area contributed by atoms with Crippen molar-refractivity contribution in [3.05, 3.63) is 0 Å². The average molecular weight is 215 g/mol. The molecule has 1 atom stereocenters. The summed E-state index contributed by atoms with van der Waals surface area (Å²) in [5.74, 6) is 0. The van der Waals surface area contributed by atoms with Crippen LogP contribution < -0.4 is 0 Å². The summed E-state index contributed by atoms with van der Waals surface area (Å²) in [5, 5.41) is 8.92. The van der Waals surface area contributed by atoms with Crippen LogP contribution in [0.5, 0.6) is 0 Å². The minimum absolute atomic E-state index is 0.201. The second-order valence-electron chi connectivity index (χ2n) is 3.24. The fourth-order valence-corrected chi connectivity index (χ4v) is 0.836. The maximum absolute atomic E-state index is 11.5. The fraction of sp³-hybridized carbons (Fsp3) is 1.00. The second kappa shape index (κ2) is 6.21. The molecule has 0 amide bonds. The molecule has 0 aliphatic carbocycles. The Balaban J connectivity index is 3.40. The Labute approximate surface area is 81.5 Å². The van der Waals surface area contributed by atoms with Gasteiger partial charge in [-0.05, 0) is 20.4 Å². The topological polar surface area (TPSA) is 32.7 Å². The van der Waals surface area contributed by atoms with E-state index in [1.807, 2.05) is 0 Å². The van der Waals surface area contributed by atoms with E-state index in [1.54, 1.807) is 18.9 Å². The Morgan fingerprint density at radius 3 is 2.36 bits per heavy atom. The third kappa shape index (κ3) is 9.76. The molecule has 0 radical (unpaired) electrons. The zero-order chi connectivity index (χ0) is 11.2. The Hall–Kier alpha value is -0.330. The van der Waals surface area contributed by atoms with E-state index >= 15 is 0 Å². The number of halogens is 3. The number of ether oxygens (including phenoxy) is 1. The molecule has 0 spiro atoms. The van der Waals surface area contributed by atoms with Gasteiger partial charge >= 0.3 is 6.36 Å². The van der Waals surface area contributed by atoms with Crippen molar-refractivity contribution in [3.63, 3.8) is 0 Å². The van der Waals surface area contributed by atoms with Gasteiger partial charge in [0, 0.05) is 13.1 Å². The van der Waals surface area contributed by atoms with Crippen molar-refractivity contribution in [2.75, 3.05) is 26.7 Å². The van der Waals surface area contributed by atoms with Crippen LogP contribution in [0, 0.1) is 0 Å². The van der Waals surface area contributed by atoms with Gasteiger partial charge in [0.05, 0.1) is 12.7 Å². The fourth-order valence-electron chi connectivity index (χ4n) is 0.836. The summed E-state index contributed by atoms with van der Waals surface area (Å²) in [6.45, 7) is 2.02. The number of alkyl halides is 3. The Bertz CT molecular complexity index is 150. The van der Waals surface area contributed by atoms with E-state index < -0.39 is 12.5 Å². The first kappa shape index (κ1) is 13.7. The molecule has 0 saturated heterocycles. The number of nitrogens with zero attached hydrogens (tertiary/aromatic N) is 1. The van der Waals surface area contributed by atoms with Crippen LogP contribution in [0.1, 0.15) is 13.3 Å². The van der Waals surface area contributed by atoms with Gasteiger partial charge in [0.25, 0.3) is 0 Å². The molecule has 14 heavy (non-hydrogen) atoms. The van der Waals surface area contributed by atoms with Crippen LogP contribution in [-0.2, 0) is 4.74 Å². The average Bonchev–Trinajstić information content (AvgIpc) is 1.98. The molecule has 0 aromatic carbocycles. The van der Waals surface area contributed by atoms with Crippen LogP contribution in [0.3, 0.4) is 0 Å². The Morgan fingerprint density at radius 2 is 1.93 bits per heavy atom.